The van der Waals surface area contributed by atoms with Crippen LogP contribution in [0.3, 0.4) is 0 Å². The van der Waals surface area contributed by atoms with E-state index < -0.39 is 0 Å². The van der Waals surface area contributed by atoms with Gasteiger partial charge in [0.1, 0.15) is 0 Å². The Morgan fingerprint density at radius 1 is 1.14 bits per heavy atom. The van der Waals surface area contributed by atoms with Crippen molar-refractivity contribution in [1.82, 2.24) is 24.5 Å². The molecule has 7 heteroatoms. The fourth-order valence-electron chi connectivity index (χ4n) is 3.33. The number of aromatic nitrogens is 5. The van der Waals surface area contributed by atoms with Gasteiger partial charge in [-0.2, -0.15) is 10.2 Å². The van der Waals surface area contributed by atoms with Crippen LogP contribution in [-0.4, -0.2) is 30.5 Å². The van der Waals surface area contributed by atoms with Crippen molar-refractivity contribution in [3.8, 4) is 5.82 Å². The second-order valence-electron chi connectivity index (χ2n) is 7.69. The summed E-state index contributed by atoms with van der Waals surface area (Å²) >= 11 is 0. The molecule has 0 aliphatic heterocycles. The first-order chi connectivity index (χ1) is 13.2. The van der Waals surface area contributed by atoms with Crippen LogP contribution in [0.1, 0.15) is 42.2 Å². The minimum atomic E-state index is -0.0732. The number of nitrogens with zero attached hydrogens (tertiary/aromatic N) is 5. The molecule has 1 N–H and O–H groups in total. The van der Waals surface area contributed by atoms with Gasteiger partial charge in [0, 0.05) is 23.5 Å². The maximum absolute atomic E-state index is 12.5. The molecule has 148 valence electrons. The van der Waals surface area contributed by atoms with Crippen molar-refractivity contribution in [2.24, 2.45) is 5.92 Å². The first-order valence-corrected chi connectivity index (χ1v) is 9.57. The number of hydrogen-bond donors (Lipinski definition) is 1. The lowest BCUT2D eigenvalue weighted by molar-refractivity contribution is -0.115. The summed E-state index contributed by atoms with van der Waals surface area (Å²) in [4.78, 5) is 17.0. The molecule has 3 heterocycles. The molecule has 0 spiro atoms. The third-order valence-corrected chi connectivity index (χ3v) is 4.67. The van der Waals surface area contributed by atoms with Crippen molar-refractivity contribution in [3.63, 3.8) is 0 Å². The van der Waals surface area contributed by atoms with Crippen LogP contribution in [0.2, 0.25) is 0 Å². The Kier molecular flexibility index (Phi) is 5.63. The third kappa shape index (κ3) is 4.30. The van der Waals surface area contributed by atoms with E-state index in [4.69, 9.17) is 0 Å². The van der Waals surface area contributed by atoms with Crippen LogP contribution in [0.25, 0.3) is 5.82 Å². The first kappa shape index (κ1) is 19.8. The molecule has 3 aromatic heterocycles. The zero-order valence-corrected chi connectivity index (χ0v) is 17.4. The molecule has 7 nitrogen and oxygen atoms in total. The number of carbonyl (C=O) groups is 1. The monoisotopic (exact) mass is 380 g/mol. The molecule has 0 atom stereocenters. The summed E-state index contributed by atoms with van der Waals surface area (Å²) in [5.41, 5.74) is 5.59. The average Bonchev–Trinajstić information content (AvgIpc) is 3.08. The molecule has 1 amide bonds. The number of aryl methyl sites for hydroxylation is 3. The normalized spacial score (nSPS) is 11.2. The van der Waals surface area contributed by atoms with E-state index in [0.717, 1.165) is 40.7 Å². The summed E-state index contributed by atoms with van der Waals surface area (Å²) in [5, 5.41) is 11.9. The van der Waals surface area contributed by atoms with Gasteiger partial charge in [-0.15, -0.1) is 0 Å². The molecule has 0 unspecified atom stereocenters. The SMILES string of the molecule is Cc1cc(C)n(-c2ccc(NC(=O)Cc3c(C)nn(CC(C)C)c3C)cn2)n1. The first-order valence-electron chi connectivity index (χ1n) is 9.57. The van der Waals surface area contributed by atoms with Crippen molar-refractivity contribution in [3.05, 3.63) is 52.7 Å². The highest BCUT2D eigenvalue weighted by Crippen LogP contribution is 2.17. The molecule has 0 bridgehead atoms. The second kappa shape index (κ2) is 7.96. The fourth-order valence-corrected chi connectivity index (χ4v) is 3.33. The maximum atomic E-state index is 12.5. The van der Waals surface area contributed by atoms with Gasteiger partial charge in [0.25, 0.3) is 0 Å². The van der Waals surface area contributed by atoms with E-state index in [1.54, 1.807) is 10.9 Å². The Hall–Kier alpha value is -2.96. The van der Waals surface area contributed by atoms with E-state index in [0.29, 0.717) is 18.0 Å². The van der Waals surface area contributed by atoms with E-state index >= 15 is 0 Å². The predicted octanol–water partition coefficient (Wildman–Crippen LogP) is 3.53. The summed E-state index contributed by atoms with van der Waals surface area (Å²) in [6.07, 6.45) is 1.96. The Morgan fingerprint density at radius 2 is 1.89 bits per heavy atom. The number of nitrogens with one attached hydrogen (secondary N) is 1. The molecule has 0 aliphatic carbocycles. The van der Waals surface area contributed by atoms with Gasteiger partial charge in [-0.1, -0.05) is 13.8 Å². The van der Waals surface area contributed by atoms with Crippen LogP contribution in [0.4, 0.5) is 5.69 Å². The molecular weight excluding hydrogens is 352 g/mol. The zero-order valence-electron chi connectivity index (χ0n) is 17.4. The minimum Gasteiger partial charge on any atom is -0.324 e. The number of anilines is 1. The molecular formula is C21H28N6O. The molecule has 3 rings (SSSR count). The topological polar surface area (TPSA) is 77.6 Å². The Labute approximate surface area is 165 Å². The van der Waals surface area contributed by atoms with Gasteiger partial charge in [-0.25, -0.2) is 9.67 Å². The molecule has 0 saturated carbocycles. The highest BCUT2D eigenvalue weighted by atomic mass is 16.1. The quantitative estimate of drug-likeness (QED) is 0.710. The molecule has 0 radical (unpaired) electrons. The van der Waals surface area contributed by atoms with E-state index in [2.05, 4.69) is 34.3 Å². The van der Waals surface area contributed by atoms with Crippen molar-refractivity contribution in [2.75, 3.05) is 5.32 Å². The molecule has 0 aliphatic rings. The van der Waals surface area contributed by atoms with Crippen LogP contribution in [0.15, 0.2) is 24.4 Å². The van der Waals surface area contributed by atoms with Gasteiger partial charge in [0.2, 0.25) is 5.91 Å². The van der Waals surface area contributed by atoms with Crippen molar-refractivity contribution < 1.29 is 4.79 Å². The third-order valence-electron chi connectivity index (χ3n) is 4.67. The van der Waals surface area contributed by atoms with E-state index in [1.807, 2.05) is 50.6 Å². The Balaban J connectivity index is 1.69. The van der Waals surface area contributed by atoms with Crippen LogP contribution in [-0.2, 0) is 17.8 Å². The summed E-state index contributed by atoms with van der Waals surface area (Å²) in [6, 6.07) is 5.70. The summed E-state index contributed by atoms with van der Waals surface area (Å²) in [7, 11) is 0. The van der Waals surface area contributed by atoms with Gasteiger partial charge in [-0.3, -0.25) is 9.48 Å². The molecule has 0 fully saturated rings. The van der Waals surface area contributed by atoms with Crippen molar-refractivity contribution >= 4 is 11.6 Å². The van der Waals surface area contributed by atoms with E-state index in [9.17, 15) is 4.79 Å². The molecule has 3 aromatic rings. The van der Waals surface area contributed by atoms with E-state index in [1.165, 1.54) is 0 Å². The second-order valence-corrected chi connectivity index (χ2v) is 7.69. The number of pyridine rings is 1. The summed E-state index contributed by atoms with van der Waals surface area (Å²) in [6.45, 7) is 13.1. The van der Waals surface area contributed by atoms with Crippen LogP contribution in [0.5, 0.6) is 0 Å². The standard InChI is InChI=1S/C21H28N6O/c1-13(2)12-26-17(6)19(16(5)25-26)10-21(28)23-18-7-8-20(22-11-18)27-15(4)9-14(3)24-27/h7-9,11,13H,10,12H2,1-6H3,(H,23,28). The largest absolute Gasteiger partial charge is 0.324 e. The summed E-state index contributed by atoms with van der Waals surface area (Å²) < 4.78 is 3.78. The number of rotatable bonds is 6. The van der Waals surface area contributed by atoms with Crippen LogP contribution < -0.4 is 5.32 Å². The predicted molar refractivity (Wildman–Crippen MR) is 110 cm³/mol. The smallest absolute Gasteiger partial charge is 0.228 e. The number of carbonyl (C=O) groups excluding carboxylic acids is 1. The zero-order chi connectivity index (χ0) is 20.4. The van der Waals surface area contributed by atoms with E-state index in [-0.39, 0.29) is 5.91 Å². The molecule has 28 heavy (non-hydrogen) atoms. The highest BCUT2D eigenvalue weighted by molar-refractivity contribution is 5.92. The molecule has 0 aromatic carbocycles. The van der Waals surface area contributed by atoms with Crippen LogP contribution in [0, 0.1) is 33.6 Å². The lowest BCUT2D eigenvalue weighted by atomic mass is 10.1. The Morgan fingerprint density at radius 3 is 2.46 bits per heavy atom. The van der Waals surface area contributed by atoms with Gasteiger partial charge < -0.3 is 5.32 Å². The lowest BCUT2D eigenvalue weighted by Gasteiger charge is -2.09. The van der Waals surface area contributed by atoms with Crippen molar-refractivity contribution in [2.45, 2.75) is 54.5 Å². The van der Waals surface area contributed by atoms with Gasteiger partial charge >= 0.3 is 0 Å². The van der Waals surface area contributed by atoms with Crippen molar-refractivity contribution in [1.29, 1.82) is 0 Å². The number of hydrogen-bond acceptors (Lipinski definition) is 4. The van der Waals surface area contributed by atoms with Gasteiger partial charge in [0.05, 0.1) is 29.7 Å². The number of amides is 1. The lowest BCUT2D eigenvalue weighted by Crippen LogP contribution is -2.16. The average molecular weight is 380 g/mol. The van der Waals surface area contributed by atoms with Gasteiger partial charge in [-0.05, 0) is 51.8 Å². The summed E-state index contributed by atoms with van der Waals surface area (Å²) in [5.74, 6) is 1.16. The van der Waals surface area contributed by atoms with Gasteiger partial charge in [0.15, 0.2) is 5.82 Å². The Bertz CT molecular complexity index is 981. The fraction of sp³-hybridized carbons (Fsp3) is 0.429. The van der Waals surface area contributed by atoms with Crippen LogP contribution >= 0.6 is 0 Å². The maximum Gasteiger partial charge on any atom is 0.228 e. The highest BCUT2D eigenvalue weighted by Gasteiger charge is 2.16. The minimum absolute atomic E-state index is 0.0732. The molecule has 0 saturated heterocycles.